The van der Waals surface area contributed by atoms with E-state index in [1.807, 2.05) is 13.0 Å². The fourth-order valence-corrected chi connectivity index (χ4v) is 3.74. The monoisotopic (exact) mass is 484 g/mol. The summed E-state index contributed by atoms with van der Waals surface area (Å²) in [7, 11) is 1.50. The van der Waals surface area contributed by atoms with Crippen molar-refractivity contribution in [2.75, 3.05) is 32.1 Å². The molecule has 0 fully saturated rings. The van der Waals surface area contributed by atoms with Crippen molar-refractivity contribution in [3.05, 3.63) is 52.7 Å². The molecule has 1 aliphatic rings. The maximum Gasteiger partial charge on any atom is 0.317 e. The molecule has 0 saturated heterocycles. The third kappa shape index (κ3) is 5.78. The van der Waals surface area contributed by atoms with Gasteiger partial charge in [0.1, 0.15) is 17.3 Å². The number of carbonyl (C=O) groups excluding carboxylic acids is 2. The second kappa shape index (κ2) is 11.5. The number of nitrogens with zero attached hydrogens (tertiary/aromatic N) is 4. The molecule has 2 heterocycles. The number of pyridine rings is 1. The Morgan fingerprint density at radius 2 is 2.11 bits per heavy atom. The van der Waals surface area contributed by atoms with Gasteiger partial charge in [0.25, 0.3) is 5.91 Å². The molecule has 12 heteroatoms. The minimum absolute atomic E-state index is 0.136. The first-order valence-corrected chi connectivity index (χ1v) is 11.3. The molecule has 1 aromatic carbocycles. The first-order valence-electron chi connectivity index (χ1n) is 11.3. The SMILES string of the molecule is CCNC(=O)N1CCc2cc(OC)c(C(=O)Nc3cccc(/C(=N/N)N(N)C(C)CO)n3)cc2C1. The van der Waals surface area contributed by atoms with Gasteiger partial charge in [-0.1, -0.05) is 6.07 Å². The number of amidine groups is 1. The summed E-state index contributed by atoms with van der Waals surface area (Å²) in [6.45, 7) is 4.88. The van der Waals surface area contributed by atoms with Crippen molar-refractivity contribution in [3.63, 3.8) is 0 Å². The number of hydrazone groups is 1. The van der Waals surface area contributed by atoms with Crippen molar-refractivity contribution in [3.8, 4) is 5.75 Å². The summed E-state index contributed by atoms with van der Waals surface area (Å²) in [5.41, 5.74) is 2.55. The molecule has 1 unspecified atom stereocenters. The zero-order valence-corrected chi connectivity index (χ0v) is 20.1. The number of nitrogens with one attached hydrogen (secondary N) is 2. The molecular formula is C23H32N8O4. The smallest absolute Gasteiger partial charge is 0.317 e. The van der Waals surface area contributed by atoms with E-state index < -0.39 is 11.9 Å². The summed E-state index contributed by atoms with van der Waals surface area (Å²) in [5.74, 6) is 11.9. The normalized spacial score (nSPS) is 14.1. The number of methoxy groups -OCH3 is 1. The first-order chi connectivity index (χ1) is 16.8. The lowest BCUT2D eigenvalue weighted by Gasteiger charge is -2.29. The number of hydrazine groups is 1. The van der Waals surface area contributed by atoms with E-state index in [1.54, 1.807) is 36.1 Å². The summed E-state index contributed by atoms with van der Waals surface area (Å²) < 4.78 is 5.48. The average molecular weight is 485 g/mol. The van der Waals surface area contributed by atoms with E-state index in [9.17, 15) is 14.7 Å². The van der Waals surface area contributed by atoms with E-state index in [-0.39, 0.29) is 24.3 Å². The number of hydrogen-bond donors (Lipinski definition) is 5. The Hall–Kier alpha value is -3.90. The van der Waals surface area contributed by atoms with Crippen LogP contribution in [0.5, 0.6) is 5.75 Å². The number of aliphatic hydroxyl groups is 1. The van der Waals surface area contributed by atoms with Crippen LogP contribution >= 0.6 is 0 Å². The fourth-order valence-electron chi connectivity index (χ4n) is 3.74. The van der Waals surface area contributed by atoms with Crippen LogP contribution in [-0.2, 0) is 13.0 Å². The number of rotatable bonds is 7. The van der Waals surface area contributed by atoms with Crippen molar-refractivity contribution in [1.29, 1.82) is 0 Å². The van der Waals surface area contributed by atoms with Gasteiger partial charge in [-0.05, 0) is 55.7 Å². The van der Waals surface area contributed by atoms with Crippen LogP contribution < -0.4 is 27.1 Å². The van der Waals surface area contributed by atoms with Gasteiger partial charge in [0.2, 0.25) is 0 Å². The molecule has 188 valence electrons. The number of aliphatic hydroxyl groups excluding tert-OH is 1. The number of aromatic nitrogens is 1. The number of benzene rings is 1. The lowest BCUT2D eigenvalue weighted by molar-refractivity contribution is 0.102. The van der Waals surface area contributed by atoms with Crippen LogP contribution in [-0.4, -0.2) is 70.6 Å². The second-order valence-electron chi connectivity index (χ2n) is 8.08. The number of ether oxygens (including phenoxy) is 1. The van der Waals surface area contributed by atoms with Crippen molar-refractivity contribution < 1.29 is 19.4 Å². The quantitative estimate of drug-likeness (QED) is 0.165. The van der Waals surface area contributed by atoms with Gasteiger partial charge in [-0.3, -0.25) is 9.80 Å². The maximum absolute atomic E-state index is 13.2. The molecule has 0 saturated carbocycles. The van der Waals surface area contributed by atoms with E-state index in [4.69, 9.17) is 16.4 Å². The van der Waals surface area contributed by atoms with Crippen LogP contribution in [0.4, 0.5) is 10.6 Å². The molecule has 0 spiro atoms. The topological polar surface area (TPSA) is 171 Å². The molecule has 0 radical (unpaired) electrons. The molecule has 1 atom stereocenters. The number of urea groups is 1. The van der Waals surface area contributed by atoms with Crippen molar-refractivity contribution in [2.45, 2.75) is 32.9 Å². The van der Waals surface area contributed by atoms with Gasteiger partial charge in [-0.25, -0.2) is 15.6 Å². The largest absolute Gasteiger partial charge is 0.496 e. The van der Waals surface area contributed by atoms with Gasteiger partial charge in [0, 0.05) is 19.6 Å². The minimum Gasteiger partial charge on any atom is -0.496 e. The fraction of sp³-hybridized carbons (Fsp3) is 0.391. The molecule has 0 aliphatic carbocycles. The number of carbonyl (C=O) groups is 2. The van der Waals surface area contributed by atoms with Crippen molar-refractivity contribution in [1.82, 2.24) is 20.2 Å². The highest BCUT2D eigenvalue weighted by molar-refractivity contribution is 6.06. The lowest BCUT2D eigenvalue weighted by atomic mass is 9.96. The molecule has 0 bridgehead atoms. The Balaban J connectivity index is 1.85. The predicted molar refractivity (Wildman–Crippen MR) is 132 cm³/mol. The number of fused-ring (bicyclic) bond motifs is 1. The number of anilines is 1. The Kier molecular flexibility index (Phi) is 8.44. The summed E-state index contributed by atoms with van der Waals surface area (Å²) in [4.78, 5) is 31.6. The zero-order valence-electron chi connectivity index (χ0n) is 20.1. The third-order valence-corrected chi connectivity index (χ3v) is 5.72. The molecule has 3 rings (SSSR count). The highest BCUT2D eigenvalue weighted by Crippen LogP contribution is 2.28. The maximum atomic E-state index is 13.2. The molecule has 35 heavy (non-hydrogen) atoms. The summed E-state index contributed by atoms with van der Waals surface area (Å²) in [6, 6.07) is 7.93. The van der Waals surface area contributed by atoms with Gasteiger partial charge in [-0.15, -0.1) is 0 Å². The molecule has 2 aromatic rings. The zero-order chi connectivity index (χ0) is 25.5. The lowest BCUT2D eigenvalue weighted by Crippen LogP contribution is -2.47. The summed E-state index contributed by atoms with van der Waals surface area (Å²) >= 11 is 0. The van der Waals surface area contributed by atoms with Crippen LogP contribution in [0.2, 0.25) is 0 Å². The van der Waals surface area contributed by atoms with Gasteiger partial charge in [0.15, 0.2) is 5.84 Å². The summed E-state index contributed by atoms with van der Waals surface area (Å²) in [5, 5.41) is 19.8. The van der Waals surface area contributed by atoms with Crippen LogP contribution in [0.15, 0.2) is 35.4 Å². The average Bonchev–Trinajstić information content (AvgIpc) is 2.87. The molecule has 1 aromatic heterocycles. The van der Waals surface area contributed by atoms with Gasteiger partial charge in [0.05, 0.1) is 25.3 Å². The van der Waals surface area contributed by atoms with Crippen LogP contribution in [0.1, 0.15) is 41.0 Å². The third-order valence-electron chi connectivity index (χ3n) is 5.72. The first kappa shape index (κ1) is 25.7. The summed E-state index contributed by atoms with van der Waals surface area (Å²) in [6.07, 6.45) is 0.664. The molecule has 1 aliphatic heterocycles. The predicted octanol–water partition coefficient (Wildman–Crippen LogP) is 0.607. The molecule has 7 N–H and O–H groups in total. The number of nitrogens with two attached hydrogens (primary N) is 2. The standard InChI is InChI=1S/C23H32N8O4/c1-4-26-23(34)30-9-8-15-11-19(35-3)17(10-16(15)12-30)22(33)28-20-7-5-6-18(27-20)21(29-24)31(25)14(2)13-32/h5-7,10-11,14,32H,4,8-9,12-13,24-25H2,1-3H3,(H,26,34)(H,27,28,33)/b29-21-. The van der Waals surface area contributed by atoms with Crippen LogP contribution in [0.3, 0.4) is 0 Å². The van der Waals surface area contributed by atoms with E-state index in [1.165, 1.54) is 12.1 Å². The van der Waals surface area contributed by atoms with E-state index in [0.29, 0.717) is 43.1 Å². The van der Waals surface area contributed by atoms with E-state index in [0.717, 1.165) is 11.1 Å². The Morgan fingerprint density at radius 1 is 1.34 bits per heavy atom. The van der Waals surface area contributed by atoms with Gasteiger partial charge in [-0.2, -0.15) is 5.10 Å². The van der Waals surface area contributed by atoms with Gasteiger partial charge < -0.3 is 31.2 Å². The van der Waals surface area contributed by atoms with Crippen LogP contribution in [0, 0.1) is 0 Å². The highest BCUT2D eigenvalue weighted by Gasteiger charge is 2.24. The second-order valence-corrected chi connectivity index (χ2v) is 8.08. The Morgan fingerprint density at radius 3 is 2.77 bits per heavy atom. The van der Waals surface area contributed by atoms with Crippen molar-refractivity contribution >= 4 is 23.6 Å². The molecule has 3 amide bonds. The number of hydrogen-bond acceptors (Lipinski definition) is 8. The van der Waals surface area contributed by atoms with E-state index in [2.05, 4.69) is 20.7 Å². The number of amides is 3. The molecule has 12 nitrogen and oxygen atoms in total. The minimum atomic E-state index is -0.448. The molecular weight excluding hydrogens is 452 g/mol. The highest BCUT2D eigenvalue weighted by atomic mass is 16.5. The van der Waals surface area contributed by atoms with Crippen molar-refractivity contribution in [2.24, 2.45) is 16.8 Å². The Labute approximate surface area is 203 Å². The Bertz CT molecular complexity index is 1110. The van der Waals surface area contributed by atoms with Gasteiger partial charge >= 0.3 is 6.03 Å². The van der Waals surface area contributed by atoms with E-state index >= 15 is 0 Å². The van der Waals surface area contributed by atoms with Crippen LogP contribution in [0.25, 0.3) is 0 Å².